The van der Waals surface area contributed by atoms with Gasteiger partial charge in [-0.1, -0.05) is 37.4 Å². The highest BCUT2D eigenvalue weighted by atomic mass is 35.5. The molecule has 3 heteroatoms. The molecule has 2 nitrogen and oxygen atoms in total. The van der Waals surface area contributed by atoms with E-state index in [-0.39, 0.29) is 5.41 Å². The Morgan fingerprint density at radius 3 is 2.57 bits per heavy atom. The van der Waals surface area contributed by atoms with Crippen molar-refractivity contribution >= 4 is 11.6 Å². The number of aliphatic hydroxyl groups excluding tert-OH is 1. The maximum Gasteiger partial charge on any atom is 0.0860 e. The molecule has 0 aromatic heterocycles. The van der Waals surface area contributed by atoms with Gasteiger partial charge < -0.3 is 10.8 Å². The topological polar surface area (TPSA) is 46.2 Å². The minimum Gasteiger partial charge on any atom is -0.388 e. The molecule has 0 heterocycles. The molecule has 1 fully saturated rings. The number of aliphatic hydroxyl groups is 1. The van der Waals surface area contributed by atoms with Gasteiger partial charge in [0, 0.05) is 17.0 Å². The van der Waals surface area contributed by atoms with Gasteiger partial charge in [0.15, 0.2) is 0 Å². The molecule has 1 aliphatic carbocycles. The highest BCUT2D eigenvalue weighted by Gasteiger charge is 2.41. The fourth-order valence-electron chi connectivity index (χ4n) is 3.81. The third-order valence-electron chi connectivity index (χ3n) is 5.31. The standard InChI is InChI=1S/C18H28ClNO/c1-3-4-14-7-9-18(12-20,10-8-14)17(21)16-6-5-15(19)11-13(16)2/h5-6,11,14,17,21H,3-4,7-10,12,20H2,1-2H3. The van der Waals surface area contributed by atoms with Crippen LogP contribution >= 0.6 is 11.6 Å². The lowest BCUT2D eigenvalue weighted by Crippen LogP contribution is -2.40. The molecule has 0 radical (unpaired) electrons. The van der Waals surface area contributed by atoms with Crippen molar-refractivity contribution in [1.29, 1.82) is 0 Å². The van der Waals surface area contributed by atoms with Crippen LogP contribution in [0.4, 0.5) is 0 Å². The lowest BCUT2D eigenvalue weighted by atomic mass is 9.65. The molecule has 1 aromatic rings. The summed E-state index contributed by atoms with van der Waals surface area (Å²) in [4.78, 5) is 0. The normalized spacial score (nSPS) is 27.6. The summed E-state index contributed by atoms with van der Waals surface area (Å²) >= 11 is 6.02. The summed E-state index contributed by atoms with van der Waals surface area (Å²) in [6, 6.07) is 5.74. The minimum atomic E-state index is -0.484. The van der Waals surface area contributed by atoms with Crippen LogP contribution in [0.1, 0.15) is 62.7 Å². The lowest BCUT2D eigenvalue weighted by molar-refractivity contribution is -0.0112. The zero-order valence-corrected chi connectivity index (χ0v) is 14.0. The summed E-state index contributed by atoms with van der Waals surface area (Å²) in [5.74, 6) is 0.813. The Labute approximate surface area is 133 Å². The first kappa shape index (κ1) is 16.8. The van der Waals surface area contributed by atoms with Crippen LogP contribution in [0, 0.1) is 18.3 Å². The van der Waals surface area contributed by atoms with E-state index in [0.717, 1.165) is 34.9 Å². The molecule has 2 rings (SSSR count). The molecule has 1 aromatic carbocycles. The molecule has 0 amide bonds. The van der Waals surface area contributed by atoms with Crippen LogP contribution in [-0.4, -0.2) is 11.7 Å². The smallest absolute Gasteiger partial charge is 0.0860 e. The van der Waals surface area contributed by atoms with E-state index in [1.165, 1.54) is 25.7 Å². The Bertz CT molecular complexity index is 466. The van der Waals surface area contributed by atoms with Crippen LogP contribution in [0.2, 0.25) is 5.02 Å². The first-order chi connectivity index (χ1) is 10.0. The van der Waals surface area contributed by atoms with Crippen LogP contribution in [-0.2, 0) is 0 Å². The van der Waals surface area contributed by atoms with E-state index in [9.17, 15) is 5.11 Å². The summed E-state index contributed by atoms with van der Waals surface area (Å²) in [6.45, 7) is 4.81. The van der Waals surface area contributed by atoms with Gasteiger partial charge in [0.2, 0.25) is 0 Å². The SMILES string of the molecule is CCCC1CCC(CN)(C(O)c2ccc(Cl)cc2C)CC1. The summed E-state index contributed by atoms with van der Waals surface area (Å²) in [5.41, 5.74) is 7.97. The first-order valence-electron chi connectivity index (χ1n) is 8.16. The fraction of sp³-hybridized carbons (Fsp3) is 0.667. The predicted octanol–water partition coefficient (Wildman–Crippen LogP) is 4.62. The van der Waals surface area contributed by atoms with Crippen molar-refractivity contribution in [1.82, 2.24) is 0 Å². The Morgan fingerprint density at radius 2 is 2.05 bits per heavy atom. The monoisotopic (exact) mass is 309 g/mol. The molecular weight excluding hydrogens is 282 g/mol. The van der Waals surface area contributed by atoms with Gasteiger partial charge >= 0.3 is 0 Å². The zero-order chi connectivity index (χ0) is 15.5. The fourth-order valence-corrected chi connectivity index (χ4v) is 4.04. The second-order valence-corrected chi connectivity index (χ2v) is 7.14. The largest absolute Gasteiger partial charge is 0.388 e. The summed E-state index contributed by atoms with van der Waals surface area (Å²) in [7, 11) is 0. The number of hydrogen-bond acceptors (Lipinski definition) is 2. The Balaban J connectivity index is 2.17. The lowest BCUT2D eigenvalue weighted by Gasteiger charge is -2.43. The zero-order valence-electron chi connectivity index (χ0n) is 13.2. The second kappa shape index (κ2) is 7.13. The Kier molecular flexibility index (Phi) is 5.70. The summed E-state index contributed by atoms with van der Waals surface area (Å²) in [5, 5.41) is 11.7. The summed E-state index contributed by atoms with van der Waals surface area (Å²) in [6.07, 6.45) is 6.50. The molecule has 1 aliphatic rings. The average Bonchev–Trinajstić information content (AvgIpc) is 2.48. The predicted molar refractivity (Wildman–Crippen MR) is 89.5 cm³/mol. The van der Waals surface area contributed by atoms with E-state index in [1.807, 2.05) is 25.1 Å². The van der Waals surface area contributed by atoms with Crippen molar-refractivity contribution in [2.24, 2.45) is 17.1 Å². The third kappa shape index (κ3) is 3.61. The average molecular weight is 310 g/mol. The number of hydrogen-bond donors (Lipinski definition) is 2. The van der Waals surface area contributed by atoms with Crippen molar-refractivity contribution in [2.75, 3.05) is 6.54 Å². The van der Waals surface area contributed by atoms with Crippen LogP contribution in [0.5, 0.6) is 0 Å². The van der Waals surface area contributed by atoms with Crippen LogP contribution in [0.25, 0.3) is 0 Å². The Morgan fingerprint density at radius 1 is 1.38 bits per heavy atom. The van der Waals surface area contributed by atoms with Gasteiger partial charge in [-0.15, -0.1) is 0 Å². The molecule has 0 saturated heterocycles. The van der Waals surface area contributed by atoms with Gasteiger partial charge in [-0.25, -0.2) is 0 Å². The highest BCUT2D eigenvalue weighted by Crippen LogP contribution is 2.48. The van der Waals surface area contributed by atoms with E-state index in [2.05, 4.69) is 6.92 Å². The van der Waals surface area contributed by atoms with Crippen molar-refractivity contribution in [2.45, 2.75) is 58.5 Å². The van der Waals surface area contributed by atoms with E-state index in [4.69, 9.17) is 17.3 Å². The first-order valence-corrected chi connectivity index (χ1v) is 8.54. The van der Waals surface area contributed by atoms with Gasteiger partial charge in [-0.3, -0.25) is 0 Å². The number of nitrogens with two attached hydrogens (primary N) is 1. The molecular formula is C18H28ClNO. The second-order valence-electron chi connectivity index (χ2n) is 6.70. The molecule has 118 valence electrons. The molecule has 1 atom stereocenters. The molecule has 0 spiro atoms. The van der Waals surface area contributed by atoms with E-state index in [1.54, 1.807) is 0 Å². The van der Waals surface area contributed by atoms with Crippen molar-refractivity contribution in [3.05, 3.63) is 34.3 Å². The van der Waals surface area contributed by atoms with Gasteiger partial charge in [-0.05, 0) is 61.8 Å². The Hall–Kier alpha value is -0.570. The highest BCUT2D eigenvalue weighted by molar-refractivity contribution is 6.30. The van der Waals surface area contributed by atoms with Gasteiger partial charge in [-0.2, -0.15) is 0 Å². The molecule has 21 heavy (non-hydrogen) atoms. The maximum atomic E-state index is 11.0. The van der Waals surface area contributed by atoms with Crippen molar-refractivity contribution in [3.63, 3.8) is 0 Å². The molecule has 3 N–H and O–H groups in total. The van der Waals surface area contributed by atoms with Crippen LogP contribution in [0.15, 0.2) is 18.2 Å². The van der Waals surface area contributed by atoms with Crippen molar-refractivity contribution in [3.8, 4) is 0 Å². The van der Waals surface area contributed by atoms with E-state index >= 15 is 0 Å². The number of halogens is 1. The molecule has 1 unspecified atom stereocenters. The number of rotatable bonds is 5. The number of aryl methyl sites for hydroxylation is 1. The third-order valence-corrected chi connectivity index (χ3v) is 5.55. The van der Waals surface area contributed by atoms with E-state index < -0.39 is 6.10 Å². The molecule has 1 saturated carbocycles. The van der Waals surface area contributed by atoms with Crippen molar-refractivity contribution < 1.29 is 5.11 Å². The van der Waals surface area contributed by atoms with Crippen LogP contribution < -0.4 is 5.73 Å². The minimum absolute atomic E-state index is 0.164. The summed E-state index contributed by atoms with van der Waals surface area (Å²) < 4.78 is 0. The van der Waals surface area contributed by atoms with Gasteiger partial charge in [0.05, 0.1) is 6.10 Å². The quantitative estimate of drug-likeness (QED) is 0.834. The van der Waals surface area contributed by atoms with Gasteiger partial charge in [0.25, 0.3) is 0 Å². The number of benzene rings is 1. The molecule has 0 aliphatic heterocycles. The maximum absolute atomic E-state index is 11.0. The molecule has 0 bridgehead atoms. The van der Waals surface area contributed by atoms with E-state index in [0.29, 0.717) is 6.54 Å². The van der Waals surface area contributed by atoms with Gasteiger partial charge in [0.1, 0.15) is 0 Å². The van der Waals surface area contributed by atoms with Crippen LogP contribution in [0.3, 0.4) is 0 Å².